The van der Waals surface area contributed by atoms with Crippen molar-refractivity contribution >= 4 is 0 Å². The Bertz CT molecular complexity index is 447. The average molecular weight is 287 g/mol. The van der Waals surface area contributed by atoms with E-state index >= 15 is 0 Å². The first-order valence-corrected chi connectivity index (χ1v) is 8.60. The molecule has 1 aliphatic carbocycles. The summed E-state index contributed by atoms with van der Waals surface area (Å²) in [6.45, 7) is 3.19. The van der Waals surface area contributed by atoms with Crippen LogP contribution in [0.5, 0.6) is 0 Å². The third-order valence-corrected chi connectivity index (χ3v) is 5.40. The minimum atomic E-state index is 0.266. The van der Waals surface area contributed by atoms with E-state index in [4.69, 9.17) is 4.74 Å². The molecule has 0 bridgehead atoms. The number of benzene rings is 1. The zero-order valence-electron chi connectivity index (χ0n) is 13.5. The van der Waals surface area contributed by atoms with Crippen molar-refractivity contribution < 1.29 is 4.74 Å². The molecule has 1 saturated carbocycles. The van der Waals surface area contributed by atoms with E-state index in [2.05, 4.69) is 43.6 Å². The maximum absolute atomic E-state index is 6.50. The third kappa shape index (κ3) is 3.49. The van der Waals surface area contributed by atoms with Gasteiger partial charge in [-0.3, -0.25) is 0 Å². The van der Waals surface area contributed by atoms with Crippen molar-refractivity contribution in [1.82, 2.24) is 5.32 Å². The second-order valence-electron chi connectivity index (χ2n) is 7.07. The van der Waals surface area contributed by atoms with Gasteiger partial charge in [0, 0.05) is 6.54 Å². The van der Waals surface area contributed by atoms with Gasteiger partial charge in [-0.25, -0.2) is 0 Å². The van der Waals surface area contributed by atoms with Crippen LogP contribution in [0.15, 0.2) is 24.3 Å². The summed E-state index contributed by atoms with van der Waals surface area (Å²) in [6, 6.07) is 9.03. The Kier molecular flexibility index (Phi) is 4.66. The lowest BCUT2D eigenvalue weighted by Crippen LogP contribution is -2.27. The second-order valence-corrected chi connectivity index (χ2v) is 7.07. The molecule has 2 aliphatic rings. The lowest BCUT2D eigenvalue weighted by atomic mass is 9.91. The van der Waals surface area contributed by atoms with Gasteiger partial charge in [-0.15, -0.1) is 0 Å². The maximum atomic E-state index is 6.50. The van der Waals surface area contributed by atoms with Gasteiger partial charge in [0.1, 0.15) is 0 Å². The molecule has 2 unspecified atom stereocenters. The van der Waals surface area contributed by atoms with Crippen molar-refractivity contribution in [3.05, 3.63) is 35.4 Å². The van der Waals surface area contributed by atoms with Gasteiger partial charge in [0.15, 0.2) is 0 Å². The van der Waals surface area contributed by atoms with Crippen molar-refractivity contribution in [3.8, 4) is 0 Å². The molecule has 0 radical (unpaired) electrons. The van der Waals surface area contributed by atoms with E-state index in [1.54, 1.807) is 0 Å². The van der Waals surface area contributed by atoms with Crippen LogP contribution in [-0.4, -0.2) is 25.3 Å². The Morgan fingerprint density at radius 1 is 1.19 bits per heavy atom. The summed E-state index contributed by atoms with van der Waals surface area (Å²) < 4.78 is 6.50. The number of nitrogens with one attached hydrogen (secondary N) is 1. The Balaban J connectivity index is 1.64. The number of hydrogen-bond acceptors (Lipinski definition) is 2. The minimum Gasteiger partial charge on any atom is -0.372 e. The van der Waals surface area contributed by atoms with Crippen LogP contribution in [0, 0.1) is 6.92 Å². The molecular formula is C19H29NO. The highest BCUT2D eigenvalue weighted by atomic mass is 16.5. The van der Waals surface area contributed by atoms with E-state index in [9.17, 15) is 0 Å². The second kappa shape index (κ2) is 6.50. The van der Waals surface area contributed by atoms with E-state index in [0.29, 0.717) is 12.0 Å². The SMILES string of the molecule is CNCC(CC1CCC2(CCCC2)O1)c1ccc(C)cc1. The molecule has 2 nitrogen and oxygen atoms in total. The van der Waals surface area contributed by atoms with Crippen LogP contribution in [0.1, 0.15) is 62.0 Å². The predicted octanol–water partition coefficient (Wildman–Crippen LogP) is 4.18. The normalized spacial score (nSPS) is 25.5. The summed E-state index contributed by atoms with van der Waals surface area (Å²) in [7, 11) is 2.05. The van der Waals surface area contributed by atoms with Gasteiger partial charge in [0.25, 0.3) is 0 Å². The van der Waals surface area contributed by atoms with E-state index < -0.39 is 0 Å². The van der Waals surface area contributed by atoms with Crippen molar-refractivity contribution in [1.29, 1.82) is 0 Å². The number of hydrogen-bond donors (Lipinski definition) is 1. The molecule has 1 spiro atoms. The molecule has 2 atom stereocenters. The van der Waals surface area contributed by atoms with Crippen LogP contribution in [0.3, 0.4) is 0 Å². The molecule has 1 aromatic carbocycles. The number of likely N-dealkylation sites (N-methyl/N-ethyl adjacent to an activating group) is 1. The molecule has 21 heavy (non-hydrogen) atoms. The van der Waals surface area contributed by atoms with Crippen molar-refractivity contribution in [2.75, 3.05) is 13.6 Å². The molecule has 2 heteroatoms. The topological polar surface area (TPSA) is 21.3 Å². The van der Waals surface area contributed by atoms with Gasteiger partial charge in [0.2, 0.25) is 0 Å². The van der Waals surface area contributed by atoms with Crippen LogP contribution in [0.2, 0.25) is 0 Å². The highest BCUT2D eigenvalue weighted by molar-refractivity contribution is 5.25. The van der Waals surface area contributed by atoms with Gasteiger partial charge in [0.05, 0.1) is 11.7 Å². The maximum Gasteiger partial charge on any atom is 0.0687 e. The molecule has 116 valence electrons. The van der Waals surface area contributed by atoms with Gasteiger partial charge in [-0.2, -0.15) is 0 Å². The summed E-state index contributed by atoms with van der Waals surface area (Å²) in [5.74, 6) is 0.567. The van der Waals surface area contributed by atoms with Crippen molar-refractivity contribution in [2.24, 2.45) is 0 Å². The van der Waals surface area contributed by atoms with Gasteiger partial charge >= 0.3 is 0 Å². The Hall–Kier alpha value is -0.860. The van der Waals surface area contributed by atoms with E-state index in [1.165, 1.54) is 49.7 Å². The van der Waals surface area contributed by atoms with Gasteiger partial charge in [-0.1, -0.05) is 42.7 Å². The van der Waals surface area contributed by atoms with Crippen LogP contribution >= 0.6 is 0 Å². The Labute approximate surface area is 129 Å². The van der Waals surface area contributed by atoms with Gasteiger partial charge < -0.3 is 10.1 Å². The fourth-order valence-electron chi connectivity index (χ4n) is 4.19. The highest BCUT2D eigenvalue weighted by Crippen LogP contribution is 2.45. The summed E-state index contributed by atoms with van der Waals surface area (Å²) in [5.41, 5.74) is 3.05. The minimum absolute atomic E-state index is 0.266. The zero-order valence-corrected chi connectivity index (χ0v) is 13.5. The highest BCUT2D eigenvalue weighted by Gasteiger charge is 2.42. The first-order valence-electron chi connectivity index (χ1n) is 8.60. The predicted molar refractivity (Wildman–Crippen MR) is 87.8 cm³/mol. The molecule has 1 aromatic rings. The molecule has 3 rings (SSSR count). The molecular weight excluding hydrogens is 258 g/mol. The molecule has 1 heterocycles. The zero-order chi connectivity index (χ0) is 14.7. The summed E-state index contributed by atoms with van der Waals surface area (Å²) >= 11 is 0. The first kappa shape index (κ1) is 15.1. The molecule has 0 amide bonds. The number of ether oxygens (including phenoxy) is 1. The average Bonchev–Trinajstić information content (AvgIpc) is 3.10. The molecule has 1 aliphatic heterocycles. The number of aryl methyl sites for hydroxylation is 1. The summed E-state index contributed by atoms with van der Waals surface area (Å²) in [4.78, 5) is 0. The lowest BCUT2D eigenvalue weighted by Gasteiger charge is -2.26. The van der Waals surface area contributed by atoms with Crippen LogP contribution < -0.4 is 5.32 Å². The number of rotatable bonds is 5. The van der Waals surface area contributed by atoms with Crippen molar-refractivity contribution in [2.45, 2.75) is 69.5 Å². The van der Waals surface area contributed by atoms with E-state index in [-0.39, 0.29) is 5.60 Å². The van der Waals surface area contributed by atoms with E-state index in [1.807, 2.05) is 0 Å². The van der Waals surface area contributed by atoms with Crippen LogP contribution in [0.4, 0.5) is 0 Å². The van der Waals surface area contributed by atoms with Crippen molar-refractivity contribution in [3.63, 3.8) is 0 Å². The fraction of sp³-hybridized carbons (Fsp3) is 0.684. The Morgan fingerprint density at radius 2 is 1.90 bits per heavy atom. The third-order valence-electron chi connectivity index (χ3n) is 5.40. The largest absolute Gasteiger partial charge is 0.372 e. The Morgan fingerprint density at radius 3 is 2.57 bits per heavy atom. The first-order chi connectivity index (χ1) is 10.2. The fourth-order valence-corrected chi connectivity index (χ4v) is 4.19. The van der Waals surface area contributed by atoms with Crippen LogP contribution in [-0.2, 0) is 4.74 Å². The van der Waals surface area contributed by atoms with E-state index in [0.717, 1.165) is 13.0 Å². The smallest absolute Gasteiger partial charge is 0.0687 e. The summed E-state index contributed by atoms with van der Waals surface area (Å²) in [5, 5.41) is 3.36. The standard InChI is InChI=1S/C19H29NO/c1-15-5-7-16(8-6-15)17(14-20-2)13-18-9-12-19(21-18)10-3-4-11-19/h5-8,17-18,20H,3-4,9-14H2,1-2H3. The summed E-state index contributed by atoms with van der Waals surface area (Å²) in [6.07, 6.45) is 9.49. The van der Waals surface area contributed by atoms with Gasteiger partial charge in [-0.05, 0) is 57.6 Å². The molecule has 1 N–H and O–H groups in total. The lowest BCUT2D eigenvalue weighted by molar-refractivity contribution is -0.0410. The molecule has 1 saturated heterocycles. The molecule has 0 aromatic heterocycles. The quantitative estimate of drug-likeness (QED) is 0.877. The monoisotopic (exact) mass is 287 g/mol. The van der Waals surface area contributed by atoms with Crippen LogP contribution in [0.25, 0.3) is 0 Å². The molecule has 2 fully saturated rings.